The van der Waals surface area contributed by atoms with Crippen LogP contribution in [-0.2, 0) is 6.54 Å². The van der Waals surface area contributed by atoms with Crippen LogP contribution >= 0.6 is 0 Å². The predicted molar refractivity (Wildman–Crippen MR) is 82.6 cm³/mol. The van der Waals surface area contributed by atoms with Crippen molar-refractivity contribution in [3.05, 3.63) is 63.9 Å². The number of nitriles is 1. The topological polar surface area (TPSA) is 102 Å². The summed E-state index contributed by atoms with van der Waals surface area (Å²) in [5.74, 6) is 0. The van der Waals surface area contributed by atoms with Gasteiger partial charge in [-0.2, -0.15) is 5.26 Å². The Kier molecular flexibility index (Phi) is 3.55. The molecule has 108 valence electrons. The Bertz CT molecular complexity index is 920. The number of hydrogen-bond donors (Lipinski definition) is 3. The summed E-state index contributed by atoms with van der Waals surface area (Å²) < 4.78 is 1.70. The van der Waals surface area contributed by atoms with Crippen LogP contribution in [0.15, 0.2) is 47.3 Å². The highest BCUT2D eigenvalue weighted by Gasteiger charge is 2.11. The van der Waals surface area contributed by atoms with Crippen molar-refractivity contribution < 1.29 is 10.0 Å². The van der Waals surface area contributed by atoms with E-state index < -0.39 is 7.12 Å². The Morgan fingerprint density at radius 2 is 1.91 bits per heavy atom. The lowest BCUT2D eigenvalue weighted by Gasteiger charge is -2.06. The maximum Gasteiger partial charge on any atom is 0.488 e. The zero-order valence-electron chi connectivity index (χ0n) is 11.5. The van der Waals surface area contributed by atoms with Gasteiger partial charge in [0, 0.05) is 0 Å². The number of hydrogen-bond acceptors (Lipinski definition) is 4. The van der Waals surface area contributed by atoms with Crippen LogP contribution in [0.4, 0.5) is 0 Å². The lowest BCUT2D eigenvalue weighted by Crippen LogP contribution is -2.29. The molecule has 3 N–H and O–H groups in total. The Hall–Kier alpha value is -2.82. The fourth-order valence-corrected chi connectivity index (χ4v) is 2.37. The number of nitrogens with zero attached hydrogens (tertiary/aromatic N) is 2. The van der Waals surface area contributed by atoms with Crippen LogP contribution in [0.1, 0.15) is 11.1 Å². The average molecular weight is 293 g/mol. The highest BCUT2D eigenvalue weighted by molar-refractivity contribution is 6.58. The van der Waals surface area contributed by atoms with E-state index in [2.05, 4.69) is 5.10 Å². The van der Waals surface area contributed by atoms with Crippen molar-refractivity contribution in [3.8, 4) is 6.07 Å². The summed E-state index contributed by atoms with van der Waals surface area (Å²) in [5, 5.41) is 30.3. The maximum absolute atomic E-state index is 11.9. The Morgan fingerprint density at radius 1 is 1.18 bits per heavy atom. The van der Waals surface area contributed by atoms with E-state index >= 15 is 0 Å². The van der Waals surface area contributed by atoms with E-state index in [1.165, 1.54) is 0 Å². The van der Waals surface area contributed by atoms with Crippen LogP contribution in [0.5, 0.6) is 0 Å². The zero-order valence-corrected chi connectivity index (χ0v) is 11.5. The molecule has 0 bridgehead atoms. The highest BCUT2D eigenvalue weighted by Crippen LogP contribution is 2.13. The molecule has 0 radical (unpaired) electrons. The van der Waals surface area contributed by atoms with Crippen molar-refractivity contribution in [2.75, 3.05) is 0 Å². The minimum atomic E-state index is -1.49. The van der Waals surface area contributed by atoms with Crippen molar-refractivity contribution in [3.63, 3.8) is 0 Å². The molecule has 0 saturated heterocycles. The monoisotopic (exact) mass is 293 g/mol. The molecule has 0 fully saturated rings. The molecule has 1 heterocycles. The quantitative estimate of drug-likeness (QED) is 0.588. The van der Waals surface area contributed by atoms with E-state index in [0.29, 0.717) is 23.0 Å². The minimum Gasteiger partial charge on any atom is -0.423 e. The van der Waals surface area contributed by atoms with Gasteiger partial charge in [0.1, 0.15) is 0 Å². The second-order valence-corrected chi connectivity index (χ2v) is 4.99. The molecule has 22 heavy (non-hydrogen) atoms. The van der Waals surface area contributed by atoms with Gasteiger partial charge in [-0.3, -0.25) is 14.6 Å². The molecule has 3 rings (SSSR count). The zero-order chi connectivity index (χ0) is 15.7. The molecule has 0 aliphatic rings. The van der Waals surface area contributed by atoms with Crippen molar-refractivity contribution in [1.82, 2.24) is 9.78 Å². The highest BCUT2D eigenvalue weighted by atomic mass is 16.4. The van der Waals surface area contributed by atoms with Gasteiger partial charge >= 0.3 is 7.12 Å². The Labute approximate surface area is 126 Å². The van der Waals surface area contributed by atoms with Gasteiger partial charge in [0.05, 0.1) is 29.1 Å². The van der Waals surface area contributed by atoms with Crippen LogP contribution in [0.25, 0.3) is 10.9 Å². The van der Waals surface area contributed by atoms with E-state index in [1.807, 2.05) is 6.07 Å². The molecule has 0 aliphatic heterocycles. The van der Waals surface area contributed by atoms with Crippen LogP contribution in [0.2, 0.25) is 0 Å². The average Bonchev–Trinajstić information content (AvgIpc) is 2.83. The molecular weight excluding hydrogens is 281 g/mol. The van der Waals surface area contributed by atoms with Gasteiger partial charge in [0.25, 0.3) is 5.56 Å². The second kappa shape index (κ2) is 5.52. The number of fused-ring (bicyclic) bond motifs is 1. The molecular formula is C15H12BN3O3. The first-order valence-corrected chi connectivity index (χ1v) is 6.66. The summed E-state index contributed by atoms with van der Waals surface area (Å²) in [5.41, 5.74) is 2.23. The van der Waals surface area contributed by atoms with Gasteiger partial charge in [-0.1, -0.05) is 24.3 Å². The third-order valence-corrected chi connectivity index (χ3v) is 3.52. The molecule has 7 heteroatoms. The molecule has 0 saturated carbocycles. The van der Waals surface area contributed by atoms with Crippen LogP contribution in [0.3, 0.4) is 0 Å². The molecule has 2 aromatic carbocycles. The summed E-state index contributed by atoms with van der Waals surface area (Å²) in [4.78, 5) is 11.9. The third-order valence-electron chi connectivity index (χ3n) is 3.52. The molecule has 3 aromatic rings. The van der Waals surface area contributed by atoms with Gasteiger partial charge in [0.2, 0.25) is 0 Å². The summed E-state index contributed by atoms with van der Waals surface area (Å²) in [6, 6.07) is 13.8. The number of aromatic amines is 1. The van der Waals surface area contributed by atoms with E-state index in [-0.39, 0.29) is 5.56 Å². The standard InChI is InChI=1S/C15H12BN3O3/c17-8-11-3-6-14-13(7-11)15(20)18-19(14)9-10-1-4-12(5-2-10)16(21)22/h1-7,21-22H,9H2,(H,18,20). The normalized spacial score (nSPS) is 10.6. The predicted octanol–water partition coefficient (Wildman–Crippen LogP) is -0.0706. The van der Waals surface area contributed by atoms with Crippen LogP contribution in [0, 0.1) is 11.3 Å². The number of H-pyrrole nitrogens is 1. The fraction of sp³-hybridized carbons (Fsp3) is 0.0667. The minimum absolute atomic E-state index is 0.241. The van der Waals surface area contributed by atoms with Crippen molar-refractivity contribution in [1.29, 1.82) is 5.26 Å². The van der Waals surface area contributed by atoms with E-state index in [9.17, 15) is 4.79 Å². The molecule has 0 aliphatic carbocycles. The molecule has 1 aromatic heterocycles. The molecule has 0 unspecified atom stereocenters. The summed E-state index contributed by atoms with van der Waals surface area (Å²) in [6.07, 6.45) is 0. The number of benzene rings is 2. The Balaban J connectivity index is 1.97. The number of rotatable bonds is 3. The second-order valence-electron chi connectivity index (χ2n) is 4.99. The van der Waals surface area contributed by atoms with Gasteiger partial charge in [-0.15, -0.1) is 0 Å². The van der Waals surface area contributed by atoms with E-state index in [1.54, 1.807) is 47.1 Å². The first-order valence-electron chi connectivity index (χ1n) is 6.66. The number of aromatic nitrogens is 2. The van der Waals surface area contributed by atoms with Crippen LogP contribution in [-0.4, -0.2) is 26.9 Å². The smallest absolute Gasteiger partial charge is 0.423 e. The number of nitrogens with one attached hydrogen (secondary N) is 1. The van der Waals surface area contributed by atoms with Gasteiger partial charge < -0.3 is 10.0 Å². The van der Waals surface area contributed by atoms with Crippen molar-refractivity contribution in [2.45, 2.75) is 6.54 Å². The molecule has 0 atom stereocenters. The van der Waals surface area contributed by atoms with E-state index in [0.717, 1.165) is 11.1 Å². The molecule has 6 nitrogen and oxygen atoms in total. The van der Waals surface area contributed by atoms with Gasteiger partial charge in [-0.05, 0) is 29.2 Å². The molecule has 0 spiro atoms. The largest absolute Gasteiger partial charge is 0.488 e. The van der Waals surface area contributed by atoms with Crippen LogP contribution < -0.4 is 11.0 Å². The van der Waals surface area contributed by atoms with Gasteiger partial charge in [0.15, 0.2) is 0 Å². The first-order chi connectivity index (χ1) is 10.6. The summed E-state index contributed by atoms with van der Waals surface area (Å²) >= 11 is 0. The molecule has 0 amide bonds. The fourth-order valence-electron chi connectivity index (χ4n) is 2.37. The summed E-state index contributed by atoms with van der Waals surface area (Å²) in [7, 11) is -1.49. The Morgan fingerprint density at radius 3 is 2.55 bits per heavy atom. The third kappa shape index (κ3) is 2.53. The van der Waals surface area contributed by atoms with E-state index in [4.69, 9.17) is 15.3 Å². The SMILES string of the molecule is N#Cc1ccc2c(c1)c(=O)[nH]n2Cc1ccc(B(O)O)cc1. The van der Waals surface area contributed by atoms with Crippen molar-refractivity contribution >= 4 is 23.5 Å². The maximum atomic E-state index is 11.9. The van der Waals surface area contributed by atoms with Gasteiger partial charge in [-0.25, -0.2) is 0 Å². The lowest BCUT2D eigenvalue weighted by molar-refractivity contribution is 0.426. The first kappa shape index (κ1) is 14.1. The summed E-state index contributed by atoms with van der Waals surface area (Å²) in [6.45, 7) is 0.437. The van der Waals surface area contributed by atoms with Crippen molar-refractivity contribution in [2.24, 2.45) is 0 Å². The lowest BCUT2D eigenvalue weighted by atomic mass is 9.80.